The van der Waals surface area contributed by atoms with E-state index in [1.807, 2.05) is 0 Å². The number of nitrogens with zero attached hydrogens (tertiary/aromatic N) is 1. The number of nitrogens with one attached hydrogen (secondary N) is 1. The maximum Gasteiger partial charge on any atom is 0.0210 e. The molecule has 2 nitrogen and oxygen atoms in total. The summed E-state index contributed by atoms with van der Waals surface area (Å²) in [6.07, 6.45) is 17.9. The standard InChI is InChI=1S/C19H34N2/c1-2-6-15(7-3-1)18-8-4-5-9-19(18)20-16-12-13-21(14-16)17-10-11-17/h15-20H,1-14H2. The van der Waals surface area contributed by atoms with Gasteiger partial charge >= 0.3 is 0 Å². The molecule has 0 amide bonds. The van der Waals surface area contributed by atoms with E-state index >= 15 is 0 Å². The normalized spacial score (nSPS) is 39.7. The Labute approximate surface area is 131 Å². The molecule has 4 aliphatic rings. The van der Waals surface area contributed by atoms with Crippen molar-refractivity contribution in [3.05, 3.63) is 0 Å². The van der Waals surface area contributed by atoms with E-state index < -0.39 is 0 Å². The molecule has 0 spiro atoms. The topological polar surface area (TPSA) is 15.3 Å². The second kappa shape index (κ2) is 6.58. The molecule has 1 aliphatic heterocycles. The van der Waals surface area contributed by atoms with Gasteiger partial charge in [0.1, 0.15) is 0 Å². The average molecular weight is 290 g/mol. The second-order valence-corrected chi connectivity index (χ2v) is 8.33. The summed E-state index contributed by atoms with van der Waals surface area (Å²) in [7, 11) is 0. The smallest absolute Gasteiger partial charge is 0.0210 e. The summed E-state index contributed by atoms with van der Waals surface area (Å²) in [6, 6.07) is 2.63. The third kappa shape index (κ3) is 3.47. The first-order valence-corrected chi connectivity index (χ1v) is 9.90. The predicted octanol–water partition coefficient (Wildman–Crippen LogP) is 3.95. The molecule has 0 aromatic rings. The lowest BCUT2D eigenvalue weighted by atomic mass is 9.71. The molecular weight excluding hydrogens is 256 g/mol. The van der Waals surface area contributed by atoms with Crippen LogP contribution < -0.4 is 5.32 Å². The molecule has 120 valence electrons. The maximum absolute atomic E-state index is 4.14. The summed E-state index contributed by atoms with van der Waals surface area (Å²) in [5, 5.41) is 4.14. The molecule has 3 atom stereocenters. The molecule has 0 radical (unpaired) electrons. The fourth-order valence-corrected chi connectivity index (χ4v) is 5.49. The van der Waals surface area contributed by atoms with Gasteiger partial charge in [-0.2, -0.15) is 0 Å². The summed E-state index contributed by atoms with van der Waals surface area (Å²) in [4.78, 5) is 2.76. The van der Waals surface area contributed by atoms with Crippen LogP contribution in [0.15, 0.2) is 0 Å². The van der Waals surface area contributed by atoms with Gasteiger partial charge < -0.3 is 5.32 Å². The first-order chi connectivity index (χ1) is 10.4. The number of rotatable bonds is 4. The molecule has 3 unspecified atom stereocenters. The molecule has 21 heavy (non-hydrogen) atoms. The minimum atomic E-state index is 0.805. The third-order valence-corrected chi connectivity index (χ3v) is 6.81. The molecule has 1 heterocycles. The molecule has 0 aromatic heterocycles. The van der Waals surface area contributed by atoms with Gasteiger partial charge in [-0.1, -0.05) is 44.9 Å². The van der Waals surface area contributed by atoms with Crippen LogP contribution in [0.4, 0.5) is 0 Å². The summed E-state index contributed by atoms with van der Waals surface area (Å²) >= 11 is 0. The SMILES string of the molecule is C1CCC(C2CCCCC2NC2CCN(C3CC3)C2)CC1. The van der Waals surface area contributed by atoms with E-state index in [0.29, 0.717) is 0 Å². The molecule has 3 saturated carbocycles. The Morgan fingerprint density at radius 1 is 0.714 bits per heavy atom. The highest BCUT2D eigenvalue weighted by molar-refractivity contribution is 4.95. The minimum absolute atomic E-state index is 0.805. The Morgan fingerprint density at radius 3 is 2.29 bits per heavy atom. The van der Waals surface area contributed by atoms with Crippen LogP contribution in [0.25, 0.3) is 0 Å². The molecule has 0 aromatic carbocycles. The predicted molar refractivity (Wildman–Crippen MR) is 88.5 cm³/mol. The van der Waals surface area contributed by atoms with Crippen LogP contribution in [0.3, 0.4) is 0 Å². The van der Waals surface area contributed by atoms with Gasteiger partial charge in [0.2, 0.25) is 0 Å². The second-order valence-electron chi connectivity index (χ2n) is 8.33. The zero-order valence-corrected chi connectivity index (χ0v) is 13.7. The van der Waals surface area contributed by atoms with Crippen LogP contribution in [0.1, 0.15) is 77.0 Å². The van der Waals surface area contributed by atoms with Gasteiger partial charge in [-0.3, -0.25) is 4.90 Å². The van der Waals surface area contributed by atoms with E-state index in [1.54, 1.807) is 0 Å². The molecule has 4 rings (SSSR count). The fraction of sp³-hybridized carbons (Fsp3) is 1.00. The lowest BCUT2D eigenvalue weighted by molar-refractivity contribution is 0.141. The van der Waals surface area contributed by atoms with Crippen LogP contribution in [-0.4, -0.2) is 36.1 Å². The van der Waals surface area contributed by atoms with E-state index in [1.165, 1.54) is 90.1 Å². The van der Waals surface area contributed by atoms with Crippen LogP contribution in [0, 0.1) is 11.8 Å². The molecule has 4 fully saturated rings. The molecule has 0 bridgehead atoms. The molecule has 2 heteroatoms. The Balaban J connectivity index is 1.33. The van der Waals surface area contributed by atoms with Gasteiger partial charge in [0.25, 0.3) is 0 Å². The first kappa shape index (κ1) is 14.5. The van der Waals surface area contributed by atoms with Gasteiger partial charge in [-0.25, -0.2) is 0 Å². The van der Waals surface area contributed by atoms with Crippen LogP contribution in [0.2, 0.25) is 0 Å². The number of likely N-dealkylation sites (tertiary alicyclic amines) is 1. The summed E-state index contributed by atoms with van der Waals surface area (Å²) in [6.45, 7) is 2.71. The van der Waals surface area contributed by atoms with Crippen LogP contribution in [-0.2, 0) is 0 Å². The van der Waals surface area contributed by atoms with Crippen molar-refractivity contribution in [2.75, 3.05) is 13.1 Å². The van der Waals surface area contributed by atoms with Gasteiger partial charge in [-0.05, 0) is 43.9 Å². The van der Waals surface area contributed by atoms with Crippen molar-refractivity contribution in [1.82, 2.24) is 10.2 Å². The highest BCUT2D eigenvalue weighted by Gasteiger charge is 2.37. The van der Waals surface area contributed by atoms with Crippen molar-refractivity contribution in [2.24, 2.45) is 11.8 Å². The van der Waals surface area contributed by atoms with Gasteiger partial charge in [0.05, 0.1) is 0 Å². The third-order valence-electron chi connectivity index (χ3n) is 6.81. The summed E-state index contributed by atoms with van der Waals surface area (Å²) in [5.41, 5.74) is 0. The zero-order valence-electron chi connectivity index (χ0n) is 13.7. The maximum atomic E-state index is 4.14. The first-order valence-electron chi connectivity index (χ1n) is 9.90. The summed E-state index contributed by atoms with van der Waals surface area (Å²) < 4.78 is 0. The Bertz CT molecular complexity index is 332. The van der Waals surface area contributed by atoms with E-state index in [2.05, 4.69) is 10.2 Å². The Kier molecular flexibility index (Phi) is 4.55. The van der Waals surface area contributed by atoms with Crippen molar-refractivity contribution in [3.63, 3.8) is 0 Å². The largest absolute Gasteiger partial charge is 0.310 e. The molecule has 1 N–H and O–H groups in total. The Hall–Kier alpha value is -0.0800. The van der Waals surface area contributed by atoms with Gasteiger partial charge in [-0.15, -0.1) is 0 Å². The van der Waals surface area contributed by atoms with Gasteiger partial charge in [0, 0.05) is 31.2 Å². The van der Waals surface area contributed by atoms with E-state index in [0.717, 1.165) is 30.0 Å². The van der Waals surface area contributed by atoms with E-state index in [9.17, 15) is 0 Å². The van der Waals surface area contributed by atoms with Crippen molar-refractivity contribution in [3.8, 4) is 0 Å². The quantitative estimate of drug-likeness (QED) is 0.843. The van der Waals surface area contributed by atoms with Crippen molar-refractivity contribution >= 4 is 0 Å². The fourth-order valence-electron chi connectivity index (χ4n) is 5.49. The molecular formula is C19H34N2. The van der Waals surface area contributed by atoms with Crippen molar-refractivity contribution in [2.45, 2.75) is 95.2 Å². The minimum Gasteiger partial charge on any atom is -0.310 e. The highest BCUT2D eigenvalue weighted by Crippen LogP contribution is 2.39. The zero-order chi connectivity index (χ0) is 14.1. The van der Waals surface area contributed by atoms with Crippen LogP contribution in [0.5, 0.6) is 0 Å². The van der Waals surface area contributed by atoms with Crippen molar-refractivity contribution < 1.29 is 0 Å². The lowest BCUT2D eigenvalue weighted by Crippen LogP contribution is -2.48. The average Bonchev–Trinajstić information content (AvgIpc) is 3.29. The number of hydrogen-bond acceptors (Lipinski definition) is 2. The van der Waals surface area contributed by atoms with E-state index in [-0.39, 0.29) is 0 Å². The molecule has 1 saturated heterocycles. The lowest BCUT2D eigenvalue weighted by Gasteiger charge is -2.40. The van der Waals surface area contributed by atoms with Crippen LogP contribution >= 0.6 is 0 Å². The highest BCUT2D eigenvalue weighted by atomic mass is 15.2. The van der Waals surface area contributed by atoms with Crippen molar-refractivity contribution in [1.29, 1.82) is 0 Å². The van der Waals surface area contributed by atoms with Gasteiger partial charge in [0.15, 0.2) is 0 Å². The Morgan fingerprint density at radius 2 is 1.48 bits per heavy atom. The number of hydrogen-bond donors (Lipinski definition) is 1. The monoisotopic (exact) mass is 290 g/mol. The van der Waals surface area contributed by atoms with E-state index in [4.69, 9.17) is 0 Å². The summed E-state index contributed by atoms with van der Waals surface area (Å²) in [5.74, 6) is 2.06. The molecule has 3 aliphatic carbocycles.